The lowest BCUT2D eigenvalue weighted by Crippen LogP contribution is -2.08. The van der Waals surface area contributed by atoms with Gasteiger partial charge in [-0.3, -0.25) is 4.79 Å². The third kappa shape index (κ3) is 2.16. The number of carbonyl (C=O) groups excluding carboxylic acids is 1. The topological polar surface area (TPSA) is 113 Å². The van der Waals surface area contributed by atoms with Crippen molar-refractivity contribution in [3.05, 3.63) is 17.7 Å². The first-order chi connectivity index (χ1) is 6.93. The van der Waals surface area contributed by atoms with E-state index in [2.05, 4.69) is 5.32 Å². The molecule has 0 heterocycles. The van der Waals surface area contributed by atoms with E-state index in [-0.39, 0.29) is 22.8 Å². The summed E-state index contributed by atoms with van der Waals surface area (Å²) in [5.74, 6) is -2.06. The SMILES string of the molecule is CC(=O)Nc1ccc(C(=O)O)c(N)c1O. The number of rotatable bonds is 2. The molecule has 15 heavy (non-hydrogen) atoms. The number of phenols is 1. The van der Waals surface area contributed by atoms with Gasteiger partial charge in [-0.15, -0.1) is 0 Å². The van der Waals surface area contributed by atoms with Gasteiger partial charge in [0.1, 0.15) is 0 Å². The quantitative estimate of drug-likeness (QED) is 0.422. The predicted molar refractivity (Wildman–Crippen MR) is 53.8 cm³/mol. The van der Waals surface area contributed by atoms with Gasteiger partial charge in [0.15, 0.2) is 5.75 Å². The van der Waals surface area contributed by atoms with Crippen molar-refractivity contribution in [3.8, 4) is 5.75 Å². The van der Waals surface area contributed by atoms with E-state index in [1.54, 1.807) is 0 Å². The Morgan fingerprint density at radius 3 is 2.47 bits per heavy atom. The second kappa shape index (κ2) is 3.87. The fraction of sp³-hybridized carbons (Fsp3) is 0.111. The molecule has 1 aromatic rings. The largest absolute Gasteiger partial charge is 0.504 e. The fourth-order valence-electron chi connectivity index (χ4n) is 1.09. The zero-order chi connectivity index (χ0) is 11.6. The number of benzene rings is 1. The third-order valence-corrected chi connectivity index (χ3v) is 1.76. The molecule has 80 valence electrons. The first kappa shape index (κ1) is 10.8. The van der Waals surface area contributed by atoms with Crippen LogP contribution >= 0.6 is 0 Å². The lowest BCUT2D eigenvalue weighted by Gasteiger charge is -2.09. The second-order valence-electron chi connectivity index (χ2n) is 2.91. The summed E-state index contributed by atoms with van der Waals surface area (Å²) >= 11 is 0. The van der Waals surface area contributed by atoms with Crippen LogP contribution in [-0.2, 0) is 4.79 Å². The molecule has 0 bridgehead atoms. The Bertz CT molecular complexity index is 428. The molecule has 0 unspecified atom stereocenters. The number of nitrogen functional groups attached to an aromatic ring is 1. The summed E-state index contributed by atoms with van der Waals surface area (Å²) in [5, 5.41) is 20.5. The summed E-state index contributed by atoms with van der Waals surface area (Å²) < 4.78 is 0. The van der Waals surface area contributed by atoms with E-state index in [1.807, 2.05) is 0 Å². The number of aromatic carboxylic acids is 1. The van der Waals surface area contributed by atoms with Crippen LogP contribution < -0.4 is 11.1 Å². The highest BCUT2D eigenvalue weighted by Crippen LogP contribution is 2.32. The molecular formula is C9H10N2O4. The van der Waals surface area contributed by atoms with Gasteiger partial charge >= 0.3 is 5.97 Å². The monoisotopic (exact) mass is 210 g/mol. The molecule has 0 aliphatic carbocycles. The van der Waals surface area contributed by atoms with Gasteiger partial charge in [0.2, 0.25) is 5.91 Å². The normalized spacial score (nSPS) is 9.67. The molecule has 0 atom stereocenters. The molecule has 0 radical (unpaired) electrons. The van der Waals surface area contributed by atoms with Crippen molar-refractivity contribution in [2.45, 2.75) is 6.92 Å². The van der Waals surface area contributed by atoms with Crippen LogP contribution in [0.4, 0.5) is 11.4 Å². The Morgan fingerprint density at radius 1 is 1.40 bits per heavy atom. The van der Waals surface area contributed by atoms with Crippen molar-refractivity contribution in [1.82, 2.24) is 0 Å². The molecule has 0 aliphatic heterocycles. The number of carbonyl (C=O) groups is 2. The van der Waals surface area contributed by atoms with Crippen molar-refractivity contribution in [2.24, 2.45) is 0 Å². The van der Waals surface area contributed by atoms with Gasteiger partial charge in [0, 0.05) is 6.92 Å². The molecule has 0 aliphatic rings. The van der Waals surface area contributed by atoms with Crippen LogP contribution in [0.5, 0.6) is 5.75 Å². The maximum absolute atomic E-state index is 10.7. The minimum absolute atomic E-state index is 0.0880. The number of anilines is 2. The summed E-state index contributed by atoms with van der Waals surface area (Å²) in [7, 11) is 0. The van der Waals surface area contributed by atoms with Gasteiger partial charge in [0.05, 0.1) is 16.9 Å². The van der Waals surface area contributed by atoms with E-state index in [0.29, 0.717) is 0 Å². The van der Waals surface area contributed by atoms with Crippen LogP contribution in [0.15, 0.2) is 12.1 Å². The molecule has 5 N–H and O–H groups in total. The maximum Gasteiger partial charge on any atom is 0.337 e. The number of amides is 1. The van der Waals surface area contributed by atoms with Crippen molar-refractivity contribution in [3.63, 3.8) is 0 Å². The summed E-state index contributed by atoms with van der Waals surface area (Å²) in [6.07, 6.45) is 0. The van der Waals surface area contributed by atoms with Crippen molar-refractivity contribution < 1.29 is 19.8 Å². The van der Waals surface area contributed by atoms with Gasteiger partial charge in [0.25, 0.3) is 0 Å². The zero-order valence-electron chi connectivity index (χ0n) is 7.94. The average Bonchev–Trinajstić information content (AvgIpc) is 2.12. The van der Waals surface area contributed by atoms with Crippen LogP contribution in [0.25, 0.3) is 0 Å². The van der Waals surface area contributed by atoms with Gasteiger partial charge in [-0.2, -0.15) is 0 Å². The molecule has 0 saturated heterocycles. The van der Waals surface area contributed by atoms with Crippen LogP contribution in [0.2, 0.25) is 0 Å². The van der Waals surface area contributed by atoms with Gasteiger partial charge in [-0.1, -0.05) is 0 Å². The van der Waals surface area contributed by atoms with E-state index < -0.39 is 11.7 Å². The van der Waals surface area contributed by atoms with Crippen LogP contribution in [-0.4, -0.2) is 22.1 Å². The maximum atomic E-state index is 10.7. The average molecular weight is 210 g/mol. The standard InChI is InChI=1S/C9H10N2O4/c1-4(12)11-6-3-2-5(9(14)15)7(10)8(6)13/h2-3,13H,10H2,1H3,(H,11,12)(H,14,15). The number of hydrogen-bond acceptors (Lipinski definition) is 4. The van der Waals surface area contributed by atoms with Crippen LogP contribution in [0.3, 0.4) is 0 Å². The van der Waals surface area contributed by atoms with Crippen molar-refractivity contribution in [1.29, 1.82) is 0 Å². The molecule has 1 rings (SSSR count). The zero-order valence-corrected chi connectivity index (χ0v) is 7.94. The lowest BCUT2D eigenvalue weighted by molar-refractivity contribution is -0.114. The molecular weight excluding hydrogens is 200 g/mol. The Labute approximate surface area is 85.3 Å². The molecule has 0 spiro atoms. The highest BCUT2D eigenvalue weighted by molar-refractivity contribution is 5.99. The third-order valence-electron chi connectivity index (χ3n) is 1.76. The van der Waals surface area contributed by atoms with E-state index in [4.69, 9.17) is 10.8 Å². The summed E-state index contributed by atoms with van der Waals surface area (Å²) in [4.78, 5) is 21.3. The molecule has 6 nitrogen and oxygen atoms in total. The number of aromatic hydroxyl groups is 1. The summed E-state index contributed by atoms with van der Waals surface area (Å²) in [5.41, 5.74) is 4.99. The Balaban J connectivity index is 3.21. The fourth-order valence-corrected chi connectivity index (χ4v) is 1.09. The van der Waals surface area contributed by atoms with E-state index in [0.717, 1.165) is 0 Å². The number of carboxylic acids is 1. The highest BCUT2D eigenvalue weighted by atomic mass is 16.4. The minimum Gasteiger partial charge on any atom is -0.504 e. The summed E-state index contributed by atoms with van der Waals surface area (Å²) in [6, 6.07) is 2.49. The minimum atomic E-state index is -1.24. The van der Waals surface area contributed by atoms with Gasteiger partial charge in [-0.05, 0) is 12.1 Å². The molecule has 0 saturated carbocycles. The smallest absolute Gasteiger partial charge is 0.337 e. The Morgan fingerprint density at radius 2 is 2.00 bits per heavy atom. The molecule has 1 aromatic carbocycles. The molecule has 0 fully saturated rings. The molecule has 6 heteroatoms. The van der Waals surface area contributed by atoms with Gasteiger partial charge in [-0.25, -0.2) is 4.79 Å². The number of nitrogens with one attached hydrogen (secondary N) is 1. The van der Waals surface area contributed by atoms with Crippen molar-refractivity contribution in [2.75, 3.05) is 11.1 Å². The lowest BCUT2D eigenvalue weighted by atomic mass is 10.1. The molecule has 0 aromatic heterocycles. The number of nitrogens with two attached hydrogens (primary N) is 1. The summed E-state index contributed by atoms with van der Waals surface area (Å²) in [6.45, 7) is 1.26. The van der Waals surface area contributed by atoms with Crippen molar-refractivity contribution >= 4 is 23.3 Å². The first-order valence-electron chi connectivity index (χ1n) is 4.05. The number of phenolic OH excluding ortho intramolecular Hbond substituents is 1. The first-order valence-corrected chi connectivity index (χ1v) is 4.05. The molecule has 1 amide bonds. The predicted octanol–water partition coefficient (Wildman–Crippen LogP) is 0.631. The van der Waals surface area contributed by atoms with E-state index >= 15 is 0 Å². The second-order valence-corrected chi connectivity index (χ2v) is 2.91. The van der Waals surface area contributed by atoms with Gasteiger partial charge < -0.3 is 21.3 Å². The number of hydrogen-bond donors (Lipinski definition) is 4. The Hall–Kier alpha value is -2.24. The number of carboxylic acid groups (broad SMARTS) is 1. The Kier molecular flexibility index (Phi) is 2.80. The van der Waals surface area contributed by atoms with Crippen LogP contribution in [0, 0.1) is 0 Å². The van der Waals surface area contributed by atoms with Crippen LogP contribution in [0.1, 0.15) is 17.3 Å². The highest BCUT2D eigenvalue weighted by Gasteiger charge is 2.14. The van der Waals surface area contributed by atoms with E-state index in [9.17, 15) is 14.7 Å². The van der Waals surface area contributed by atoms with E-state index in [1.165, 1.54) is 19.1 Å².